The summed E-state index contributed by atoms with van der Waals surface area (Å²) in [7, 11) is 0. The van der Waals surface area contributed by atoms with Gasteiger partial charge in [-0.3, -0.25) is 4.79 Å². The highest BCUT2D eigenvalue weighted by molar-refractivity contribution is 9.13. The first kappa shape index (κ1) is 16.7. The number of amides is 1. The van der Waals surface area contributed by atoms with Crippen molar-refractivity contribution in [3.63, 3.8) is 0 Å². The van der Waals surface area contributed by atoms with E-state index >= 15 is 0 Å². The van der Waals surface area contributed by atoms with Gasteiger partial charge in [0.15, 0.2) is 6.61 Å². The number of carbonyl (C=O) groups excluding carboxylic acids is 2. The molecule has 112 valence electrons. The Bertz CT molecular complexity index is 748. The van der Waals surface area contributed by atoms with Gasteiger partial charge in [-0.05, 0) is 56.1 Å². The molecule has 0 aliphatic rings. The second-order valence-electron chi connectivity index (χ2n) is 4.05. The maximum absolute atomic E-state index is 11.8. The first-order valence-electron chi connectivity index (χ1n) is 5.91. The molecule has 1 amide bonds. The van der Waals surface area contributed by atoms with E-state index in [2.05, 4.69) is 37.2 Å². The third-order valence-corrected chi connectivity index (χ3v) is 5.69. The number of hydrogen-bond donors (Lipinski definition) is 1. The SMILES string of the molecule is N#Cc1cccc(NC(=O)COC(=O)c2cc(Br)c(Br)s2)c1. The summed E-state index contributed by atoms with van der Waals surface area (Å²) in [6.07, 6.45) is 0. The second kappa shape index (κ2) is 7.54. The first-order valence-corrected chi connectivity index (χ1v) is 8.32. The van der Waals surface area contributed by atoms with Crippen LogP contribution < -0.4 is 5.32 Å². The lowest BCUT2D eigenvalue weighted by atomic mass is 10.2. The van der Waals surface area contributed by atoms with E-state index < -0.39 is 18.5 Å². The molecule has 0 atom stereocenters. The molecule has 22 heavy (non-hydrogen) atoms. The Balaban J connectivity index is 1.90. The molecule has 2 aromatic rings. The van der Waals surface area contributed by atoms with E-state index in [0.29, 0.717) is 16.1 Å². The van der Waals surface area contributed by atoms with Gasteiger partial charge in [0, 0.05) is 10.2 Å². The predicted octanol–water partition coefficient (Wildman–Crippen LogP) is 3.94. The van der Waals surface area contributed by atoms with Gasteiger partial charge in [-0.1, -0.05) is 6.07 Å². The van der Waals surface area contributed by atoms with Crippen LogP contribution in [0, 0.1) is 11.3 Å². The van der Waals surface area contributed by atoms with Crippen molar-refractivity contribution in [2.75, 3.05) is 11.9 Å². The van der Waals surface area contributed by atoms with Crippen molar-refractivity contribution in [1.82, 2.24) is 0 Å². The number of nitrogens with one attached hydrogen (secondary N) is 1. The van der Waals surface area contributed by atoms with Crippen LogP contribution in [0.15, 0.2) is 38.6 Å². The lowest BCUT2D eigenvalue weighted by molar-refractivity contribution is -0.119. The quantitative estimate of drug-likeness (QED) is 0.725. The standard InChI is InChI=1S/C14H8Br2N2O3S/c15-10-5-11(22-13(10)16)14(20)21-7-12(19)18-9-3-1-2-8(4-9)6-17/h1-5H,7H2,(H,18,19). The maximum Gasteiger partial charge on any atom is 0.348 e. The highest BCUT2D eigenvalue weighted by Crippen LogP contribution is 2.32. The van der Waals surface area contributed by atoms with E-state index in [4.69, 9.17) is 10.00 Å². The van der Waals surface area contributed by atoms with Crippen molar-refractivity contribution in [2.45, 2.75) is 0 Å². The molecule has 1 aromatic carbocycles. The molecule has 0 aliphatic carbocycles. The molecule has 0 radical (unpaired) electrons. The normalized spacial score (nSPS) is 9.86. The highest BCUT2D eigenvalue weighted by atomic mass is 79.9. The zero-order chi connectivity index (χ0) is 16.1. The third kappa shape index (κ3) is 4.40. The lowest BCUT2D eigenvalue weighted by Gasteiger charge is -2.06. The van der Waals surface area contributed by atoms with Crippen LogP contribution in [0.25, 0.3) is 0 Å². The fraction of sp³-hybridized carbons (Fsp3) is 0.0714. The van der Waals surface area contributed by atoms with Gasteiger partial charge in [0.25, 0.3) is 5.91 Å². The molecule has 0 spiro atoms. The van der Waals surface area contributed by atoms with Crippen LogP contribution in [0.2, 0.25) is 0 Å². The Morgan fingerprint density at radius 1 is 1.32 bits per heavy atom. The Morgan fingerprint density at radius 3 is 2.73 bits per heavy atom. The monoisotopic (exact) mass is 442 g/mol. The minimum Gasteiger partial charge on any atom is -0.451 e. The average molecular weight is 444 g/mol. The van der Waals surface area contributed by atoms with Crippen LogP contribution in [-0.2, 0) is 9.53 Å². The van der Waals surface area contributed by atoms with E-state index in [1.165, 1.54) is 17.4 Å². The molecule has 0 fully saturated rings. The van der Waals surface area contributed by atoms with E-state index in [1.54, 1.807) is 24.3 Å². The molecule has 1 heterocycles. The second-order valence-corrected chi connectivity index (χ2v) is 7.27. The number of ether oxygens (including phenoxy) is 1. The van der Waals surface area contributed by atoms with E-state index in [-0.39, 0.29) is 0 Å². The van der Waals surface area contributed by atoms with Crippen LogP contribution >= 0.6 is 43.2 Å². The van der Waals surface area contributed by atoms with Gasteiger partial charge in [0.1, 0.15) is 4.88 Å². The fourth-order valence-corrected chi connectivity index (χ4v) is 3.44. The number of nitrogens with zero attached hydrogens (tertiary/aromatic N) is 1. The summed E-state index contributed by atoms with van der Waals surface area (Å²) in [6.45, 7) is -0.400. The average Bonchev–Trinajstić information content (AvgIpc) is 2.84. The Hall–Kier alpha value is -1.69. The molecule has 0 unspecified atom stereocenters. The lowest BCUT2D eigenvalue weighted by Crippen LogP contribution is -2.20. The summed E-state index contributed by atoms with van der Waals surface area (Å²) in [6, 6.07) is 10.1. The predicted molar refractivity (Wildman–Crippen MR) is 89.8 cm³/mol. The van der Waals surface area contributed by atoms with Gasteiger partial charge in [-0.2, -0.15) is 5.26 Å². The molecule has 0 saturated heterocycles. The van der Waals surface area contributed by atoms with Gasteiger partial charge in [-0.15, -0.1) is 11.3 Å². The number of benzene rings is 1. The number of thiophene rings is 1. The van der Waals surface area contributed by atoms with Crippen molar-refractivity contribution < 1.29 is 14.3 Å². The molecule has 0 saturated carbocycles. The number of nitriles is 1. The maximum atomic E-state index is 11.8. The van der Waals surface area contributed by atoms with Gasteiger partial charge in [0.05, 0.1) is 15.4 Å². The first-order chi connectivity index (χ1) is 10.5. The number of carbonyl (C=O) groups is 2. The van der Waals surface area contributed by atoms with Crippen LogP contribution in [0.4, 0.5) is 5.69 Å². The zero-order valence-electron chi connectivity index (χ0n) is 10.9. The third-order valence-electron chi connectivity index (χ3n) is 2.46. The highest BCUT2D eigenvalue weighted by Gasteiger charge is 2.15. The summed E-state index contributed by atoms with van der Waals surface area (Å²) in [5.41, 5.74) is 0.907. The molecule has 0 aliphatic heterocycles. The smallest absolute Gasteiger partial charge is 0.348 e. The van der Waals surface area contributed by atoms with E-state index in [1.807, 2.05) is 6.07 Å². The zero-order valence-corrected chi connectivity index (χ0v) is 14.9. The Morgan fingerprint density at radius 2 is 2.09 bits per heavy atom. The van der Waals surface area contributed by atoms with Crippen LogP contribution in [0.1, 0.15) is 15.2 Å². The van der Waals surface area contributed by atoms with E-state index in [0.717, 1.165) is 8.26 Å². The molecular formula is C14H8Br2N2O3S. The van der Waals surface area contributed by atoms with Crippen LogP contribution in [0.3, 0.4) is 0 Å². The van der Waals surface area contributed by atoms with Crippen molar-refractivity contribution in [1.29, 1.82) is 5.26 Å². The minimum absolute atomic E-state index is 0.387. The van der Waals surface area contributed by atoms with E-state index in [9.17, 15) is 9.59 Å². The molecule has 8 heteroatoms. The summed E-state index contributed by atoms with van der Waals surface area (Å²) in [5, 5.41) is 11.3. The number of anilines is 1. The number of esters is 1. The molecular weight excluding hydrogens is 436 g/mol. The summed E-state index contributed by atoms with van der Waals surface area (Å²) < 4.78 is 6.47. The topological polar surface area (TPSA) is 79.2 Å². The van der Waals surface area contributed by atoms with Crippen LogP contribution in [-0.4, -0.2) is 18.5 Å². The van der Waals surface area contributed by atoms with Gasteiger partial charge >= 0.3 is 5.97 Å². The van der Waals surface area contributed by atoms with Crippen molar-refractivity contribution in [2.24, 2.45) is 0 Å². The number of halogens is 2. The number of rotatable bonds is 4. The molecule has 0 bridgehead atoms. The summed E-state index contributed by atoms with van der Waals surface area (Å²) in [4.78, 5) is 23.9. The molecule has 1 N–H and O–H groups in total. The molecule has 5 nitrogen and oxygen atoms in total. The van der Waals surface area contributed by atoms with Crippen LogP contribution in [0.5, 0.6) is 0 Å². The minimum atomic E-state index is -0.572. The van der Waals surface area contributed by atoms with Gasteiger partial charge < -0.3 is 10.1 Å². The largest absolute Gasteiger partial charge is 0.451 e. The van der Waals surface area contributed by atoms with Crippen molar-refractivity contribution in [3.8, 4) is 6.07 Å². The summed E-state index contributed by atoms with van der Waals surface area (Å²) >= 11 is 7.76. The van der Waals surface area contributed by atoms with Crippen molar-refractivity contribution >= 4 is 60.8 Å². The number of hydrogen-bond acceptors (Lipinski definition) is 5. The van der Waals surface area contributed by atoms with Gasteiger partial charge in [0.2, 0.25) is 0 Å². The molecule has 1 aromatic heterocycles. The Labute approximate surface area is 147 Å². The summed E-state index contributed by atoms with van der Waals surface area (Å²) in [5.74, 6) is -1.05. The Kier molecular flexibility index (Phi) is 5.71. The fourth-order valence-electron chi connectivity index (χ4n) is 1.51. The van der Waals surface area contributed by atoms with Gasteiger partial charge in [-0.25, -0.2) is 4.79 Å². The van der Waals surface area contributed by atoms with Crippen molar-refractivity contribution in [3.05, 3.63) is 49.0 Å². The molecule has 2 rings (SSSR count).